The van der Waals surface area contributed by atoms with Crippen molar-refractivity contribution in [3.05, 3.63) is 29.3 Å². The zero-order chi connectivity index (χ0) is 13.7. The van der Waals surface area contributed by atoms with Crippen molar-refractivity contribution in [1.82, 2.24) is 5.32 Å². The van der Waals surface area contributed by atoms with Crippen molar-refractivity contribution in [2.75, 3.05) is 13.7 Å². The van der Waals surface area contributed by atoms with E-state index in [9.17, 15) is 4.79 Å². The van der Waals surface area contributed by atoms with E-state index in [0.29, 0.717) is 11.7 Å². The molecule has 1 aromatic carbocycles. The highest BCUT2D eigenvalue weighted by Crippen LogP contribution is 2.54. The lowest BCUT2D eigenvalue weighted by molar-refractivity contribution is 0.0566. The molecule has 0 amide bonds. The lowest BCUT2D eigenvalue weighted by Gasteiger charge is -2.55. The summed E-state index contributed by atoms with van der Waals surface area (Å²) in [7, 11) is 1.70. The van der Waals surface area contributed by atoms with Crippen LogP contribution in [0.4, 0.5) is 0 Å². The average Bonchev–Trinajstić information content (AvgIpc) is 2.52. The Bertz CT molecular complexity index is 564. The minimum Gasteiger partial charge on any atom is -0.497 e. The fourth-order valence-corrected chi connectivity index (χ4v) is 4.84. The van der Waals surface area contributed by atoms with Gasteiger partial charge < -0.3 is 10.1 Å². The third kappa shape index (κ3) is 1.47. The van der Waals surface area contributed by atoms with Gasteiger partial charge in [0, 0.05) is 11.0 Å². The molecule has 106 valence electrons. The molecule has 2 aliphatic carbocycles. The van der Waals surface area contributed by atoms with E-state index >= 15 is 0 Å². The molecule has 0 unspecified atom stereocenters. The van der Waals surface area contributed by atoms with Crippen LogP contribution in [0, 0.1) is 5.92 Å². The first-order valence-corrected chi connectivity index (χ1v) is 7.72. The Morgan fingerprint density at radius 1 is 1.30 bits per heavy atom. The molecule has 4 rings (SSSR count). The third-order valence-corrected chi connectivity index (χ3v) is 5.75. The second kappa shape index (κ2) is 4.32. The Morgan fingerprint density at radius 2 is 2.20 bits per heavy atom. The van der Waals surface area contributed by atoms with Crippen LogP contribution < -0.4 is 10.1 Å². The first-order chi connectivity index (χ1) is 9.76. The first kappa shape index (κ1) is 12.4. The Kier molecular flexibility index (Phi) is 2.68. The van der Waals surface area contributed by atoms with Crippen molar-refractivity contribution in [3.8, 4) is 5.75 Å². The lowest BCUT2D eigenvalue weighted by Crippen LogP contribution is -2.62. The zero-order valence-electron chi connectivity index (χ0n) is 11.9. The number of benzene rings is 1. The van der Waals surface area contributed by atoms with Crippen LogP contribution in [0.1, 0.15) is 48.0 Å². The van der Waals surface area contributed by atoms with E-state index in [-0.39, 0.29) is 11.5 Å². The molecular formula is C17H21NO2. The number of fused-ring (bicyclic) bond motifs is 1. The molecule has 1 aliphatic heterocycles. The summed E-state index contributed by atoms with van der Waals surface area (Å²) in [5.74, 6) is 1.66. The minimum atomic E-state index is 0.0462. The fraction of sp³-hybridized carbons (Fsp3) is 0.588. The molecule has 3 heteroatoms. The number of ether oxygens (including phenoxy) is 1. The molecule has 3 atom stereocenters. The van der Waals surface area contributed by atoms with Crippen molar-refractivity contribution in [3.63, 3.8) is 0 Å². The van der Waals surface area contributed by atoms with E-state index in [1.54, 1.807) is 7.11 Å². The van der Waals surface area contributed by atoms with Crippen LogP contribution in [0.25, 0.3) is 0 Å². The number of rotatable bonds is 1. The van der Waals surface area contributed by atoms with Gasteiger partial charge in [0.2, 0.25) is 0 Å². The van der Waals surface area contributed by atoms with Gasteiger partial charge in [0.05, 0.1) is 13.2 Å². The largest absolute Gasteiger partial charge is 0.497 e. The number of hydrogen-bond donors (Lipinski definition) is 1. The summed E-state index contributed by atoms with van der Waals surface area (Å²) < 4.78 is 5.40. The molecule has 0 spiro atoms. The SMILES string of the molecule is COc1ccc2c(c1)[C@]13CCCC[C@H]1[C@@H](NCC3)C2=O. The molecule has 0 radical (unpaired) electrons. The predicted octanol–water partition coefficient (Wildman–Crippen LogP) is 2.68. The van der Waals surface area contributed by atoms with Gasteiger partial charge in [0.25, 0.3) is 0 Å². The Hall–Kier alpha value is -1.35. The topological polar surface area (TPSA) is 38.3 Å². The summed E-state index contributed by atoms with van der Waals surface area (Å²) in [6, 6.07) is 6.08. The molecule has 20 heavy (non-hydrogen) atoms. The number of carbonyl (C=O) groups is 1. The Morgan fingerprint density at radius 3 is 3.05 bits per heavy atom. The molecule has 1 heterocycles. The second-order valence-electron chi connectivity index (χ2n) is 6.47. The molecular weight excluding hydrogens is 250 g/mol. The van der Waals surface area contributed by atoms with Crippen molar-refractivity contribution >= 4 is 5.78 Å². The molecule has 3 nitrogen and oxygen atoms in total. The van der Waals surface area contributed by atoms with Gasteiger partial charge in [-0.05, 0) is 55.5 Å². The molecule has 1 saturated heterocycles. The molecule has 1 N–H and O–H groups in total. The number of hydrogen-bond acceptors (Lipinski definition) is 3. The van der Waals surface area contributed by atoms with Crippen molar-refractivity contribution in [1.29, 1.82) is 0 Å². The highest BCUT2D eigenvalue weighted by atomic mass is 16.5. The van der Waals surface area contributed by atoms with Crippen LogP contribution in [-0.4, -0.2) is 25.5 Å². The van der Waals surface area contributed by atoms with Gasteiger partial charge in [-0.1, -0.05) is 12.8 Å². The number of carbonyl (C=O) groups excluding carboxylic acids is 1. The van der Waals surface area contributed by atoms with Crippen molar-refractivity contribution in [2.45, 2.75) is 43.6 Å². The fourth-order valence-electron chi connectivity index (χ4n) is 4.84. The molecule has 1 saturated carbocycles. The monoisotopic (exact) mass is 271 g/mol. The second-order valence-corrected chi connectivity index (χ2v) is 6.47. The molecule has 3 aliphatic rings. The molecule has 2 bridgehead atoms. The molecule has 1 aromatic rings. The average molecular weight is 271 g/mol. The summed E-state index contributed by atoms with van der Waals surface area (Å²) in [6.07, 6.45) is 6.11. The van der Waals surface area contributed by atoms with Gasteiger partial charge in [-0.2, -0.15) is 0 Å². The van der Waals surface area contributed by atoms with E-state index in [1.165, 1.54) is 31.2 Å². The van der Waals surface area contributed by atoms with Gasteiger partial charge in [-0.3, -0.25) is 4.79 Å². The maximum absolute atomic E-state index is 12.8. The van der Waals surface area contributed by atoms with Crippen LogP contribution in [0.15, 0.2) is 18.2 Å². The smallest absolute Gasteiger partial charge is 0.180 e. The number of ketones is 1. The number of Topliss-reactive ketones (excluding diaryl/α,β-unsaturated/α-hetero) is 1. The van der Waals surface area contributed by atoms with Gasteiger partial charge in [-0.15, -0.1) is 0 Å². The van der Waals surface area contributed by atoms with Gasteiger partial charge >= 0.3 is 0 Å². The van der Waals surface area contributed by atoms with Crippen LogP contribution in [0.3, 0.4) is 0 Å². The summed E-state index contributed by atoms with van der Waals surface area (Å²) in [5.41, 5.74) is 2.41. The summed E-state index contributed by atoms with van der Waals surface area (Å²) >= 11 is 0. The standard InChI is InChI=1S/C17H21NO2/c1-20-11-5-6-12-14(10-11)17-7-3-2-4-13(17)15(16(12)19)18-9-8-17/h5-6,10,13,15,18H,2-4,7-9H2,1H3/t13-,15+,17-/m0/s1. The van der Waals surface area contributed by atoms with E-state index in [4.69, 9.17) is 4.74 Å². The van der Waals surface area contributed by atoms with E-state index in [2.05, 4.69) is 11.4 Å². The maximum atomic E-state index is 12.8. The Labute approximate surface area is 119 Å². The third-order valence-electron chi connectivity index (χ3n) is 5.75. The summed E-state index contributed by atoms with van der Waals surface area (Å²) in [6.45, 7) is 0.962. The summed E-state index contributed by atoms with van der Waals surface area (Å²) in [5, 5.41) is 3.48. The molecule has 0 aromatic heterocycles. The number of nitrogens with one attached hydrogen (secondary N) is 1. The van der Waals surface area contributed by atoms with Crippen LogP contribution in [0.2, 0.25) is 0 Å². The van der Waals surface area contributed by atoms with E-state index in [1.807, 2.05) is 12.1 Å². The first-order valence-electron chi connectivity index (χ1n) is 7.72. The van der Waals surface area contributed by atoms with Gasteiger partial charge in [-0.25, -0.2) is 0 Å². The van der Waals surface area contributed by atoms with Gasteiger partial charge in [0.1, 0.15) is 5.75 Å². The Balaban J connectivity index is 1.94. The highest BCUT2D eigenvalue weighted by molar-refractivity contribution is 6.03. The van der Waals surface area contributed by atoms with E-state index < -0.39 is 0 Å². The van der Waals surface area contributed by atoms with Crippen LogP contribution in [0.5, 0.6) is 5.75 Å². The van der Waals surface area contributed by atoms with Crippen LogP contribution >= 0.6 is 0 Å². The van der Waals surface area contributed by atoms with Crippen LogP contribution in [-0.2, 0) is 5.41 Å². The predicted molar refractivity (Wildman–Crippen MR) is 77.4 cm³/mol. The quantitative estimate of drug-likeness (QED) is 0.853. The minimum absolute atomic E-state index is 0.0462. The lowest BCUT2D eigenvalue weighted by atomic mass is 9.52. The highest BCUT2D eigenvalue weighted by Gasteiger charge is 2.54. The van der Waals surface area contributed by atoms with Gasteiger partial charge in [0.15, 0.2) is 5.78 Å². The zero-order valence-corrected chi connectivity index (χ0v) is 11.9. The summed E-state index contributed by atoms with van der Waals surface area (Å²) in [4.78, 5) is 12.8. The number of piperidine rings is 1. The normalized spacial score (nSPS) is 35.1. The maximum Gasteiger partial charge on any atom is 0.180 e. The molecule has 2 fully saturated rings. The number of methoxy groups -OCH3 is 1. The van der Waals surface area contributed by atoms with Crippen molar-refractivity contribution < 1.29 is 9.53 Å². The van der Waals surface area contributed by atoms with E-state index in [0.717, 1.165) is 24.3 Å². The van der Waals surface area contributed by atoms with Crippen molar-refractivity contribution in [2.24, 2.45) is 5.92 Å².